The first-order valence-corrected chi connectivity index (χ1v) is 7.60. The SMILES string of the molecule is CCCC1CC1n1cncc1[C@H](N)Cc1ccccc1. The molecule has 0 bridgehead atoms. The Morgan fingerprint density at radius 2 is 2.15 bits per heavy atom. The first-order valence-electron chi connectivity index (χ1n) is 7.60. The molecule has 3 rings (SSSR count). The summed E-state index contributed by atoms with van der Waals surface area (Å²) in [7, 11) is 0. The predicted octanol–water partition coefficient (Wildman–Crippen LogP) is 3.49. The maximum atomic E-state index is 6.40. The van der Waals surface area contributed by atoms with Gasteiger partial charge in [-0.25, -0.2) is 4.98 Å². The molecule has 3 atom stereocenters. The lowest BCUT2D eigenvalue weighted by Crippen LogP contribution is -2.17. The molecule has 1 fully saturated rings. The van der Waals surface area contributed by atoms with Crippen molar-refractivity contribution in [2.45, 2.75) is 44.7 Å². The Hall–Kier alpha value is -1.61. The summed E-state index contributed by atoms with van der Waals surface area (Å²) in [4.78, 5) is 4.32. The van der Waals surface area contributed by atoms with Gasteiger partial charge in [-0.05, 0) is 30.7 Å². The molecule has 3 heteroatoms. The summed E-state index contributed by atoms with van der Waals surface area (Å²) in [6.07, 6.45) is 8.64. The predicted molar refractivity (Wildman–Crippen MR) is 81.4 cm³/mol. The maximum Gasteiger partial charge on any atom is 0.0951 e. The van der Waals surface area contributed by atoms with E-state index in [9.17, 15) is 0 Å². The van der Waals surface area contributed by atoms with E-state index in [0.717, 1.165) is 12.3 Å². The van der Waals surface area contributed by atoms with E-state index in [0.29, 0.717) is 6.04 Å². The standard InChI is InChI=1S/C17H23N3/c1-2-6-14-10-16(14)20-12-19-11-17(20)15(18)9-13-7-4-3-5-8-13/h3-5,7-8,11-12,14-16H,2,6,9-10,18H2,1H3/t14?,15-,16?/m1/s1. The normalized spacial score (nSPS) is 22.7. The number of nitrogens with two attached hydrogens (primary N) is 1. The van der Waals surface area contributed by atoms with Crippen molar-refractivity contribution in [3.8, 4) is 0 Å². The van der Waals surface area contributed by atoms with Crippen LogP contribution in [0.15, 0.2) is 42.9 Å². The van der Waals surface area contributed by atoms with E-state index in [-0.39, 0.29) is 6.04 Å². The van der Waals surface area contributed by atoms with Crippen molar-refractivity contribution in [1.29, 1.82) is 0 Å². The first-order chi connectivity index (χ1) is 9.79. The minimum Gasteiger partial charge on any atom is -0.330 e. The van der Waals surface area contributed by atoms with E-state index < -0.39 is 0 Å². The van der Waals surface area contributed by atoms with Gasteiger partial charge in [0.05, 0.1) is 18.1 Å². The van der Waals surface area contributed by atoms with Gasteiger partial charge in [0.1, 0.15) is 0 Å². The third kappa shape index (κ3) is 2.78. The van der Waals surface area contributed by atoms with Gasteiger partial charge in [0.25, 0.3) is 0 Å². The van der Waals surface area contributed by atoms with E-state index >= 15 is 0 Å². The molecule has 1 aromatic carbocycles. The van der Waals surface area contributed by atoms with Crippen molar-refractivity contribution in [3.63, 3.8) is 0 Å². The van der Waals surface area contributed by atoms with E-state index in [4.69, 9.17) is 5.73 Å². The van der Waals surface area contributed by atoms with Gasteiger partial charge in [-0.3, -0.25) is 0 Å². The highest BCUT2D eigenvalue weighted by Crippen LogP contribution is 2.47. The van der Waals surface area contributed by atoms with Crippen molar-refractivity contribution < 1.29 is 0 Å². The van der Waals surface area contributed by atoms with Crippen LogP contribution in [0, 0.1) is 5.92 Å². The molecule has 2 aromatic rings. The van der Waals surface area contributed by atoms with E-state index in [1.807, 2.05) is 18.6 Å². The molecule has 0 aliphatic heterocycles. The minimum absolute atomic E-state index is 0.0303. The van der Waals surface area contributed by atoms with E-state index in [1.54, 1.807) is 0 Å². The zero-order valence-corrected chi connectivity index (χ0v) is 12.1. The van der Waals surface area contributed by atoms with Gasteiger partial charge in [0.15, 0.2) is 0 Å². The highest BCUT2D eigenvalue weighted by molar-refractivity contribution is 5.19. The van der Waals surface area contributed by atoms with Crippen LogP contribution in [0.2, 0.25) is 0 Å². The van der Waals surface area contributed by atoms with Crippen molar-refractivity contribution >= 4 is 0 Å². The quantitative estimate of drug-likeness (QED) is 0.872. The summed E-state index contributed by atoms with van der Waals surface area (Å²) >= 11 is 0. The monoisotopic (exact) mass is 269 g/mol. The highest BCUT2D eigenvalue weighted by Gasteiger charge is 2.38. The summed E-state index contributed by atoms with van der Waals surface area (Å²) in [6, 6.07) is 11.1. The number of hydrogen-bond acceptors (Lipinski definition) is 2. The van der Waals surface area contributed by atoms with Crippen LogP contribution in [-0.4, -0.2) is 9.55 Å². The molecule has 2 N–H and O–H groups in total. The number of benzene rings is 1. The lowest BCUT2D eigenvalue weighted by Gasteiger charge is -2.15. The van der Waals surface area contributed by atoms with E-state index in [2.05, 4.69) is 40.7 Å². The van der Waals surface area contributed by atoms with Crippen LogP contribution in [-0.2, 0) is 6.42 Å². The van der Waals surface area contributed by atoms with Crippen molar-refractivity contribution in [3.05, 3.63) is 54.1 Å². The highest BCUT2D eigenvalue weighted by atomic mass is 15.1. The number of imidazole rings is 1. The first kappa shape index (κ1) is 13.4. The molecule has 3 nitrogen and oxygen atoms in total. The lowest BCUT2D eigenvalue weighted by molar-refractivity contribution is 0.561. The summed E-state index contributed by atoms with van der Waals surface area (Å²) in [6.45, 7) is 2.26. The maximum absolute atomic E-state index is 6.40. The molecule has 0 saturated heterocycles. The van der Waals surface area contributed by atoms with Gasteiger partial charge in [-0.2, -0.15) is 0 Å². The summed E-state index contributed by atoms with van der Waals surface area (Å²) in [5, 5.41) is 0. The lowest BCUT2D eigenvalue weighted by atomic mass is 10.0. The van der Waals surface area contributed by atoms with Crippen LogP contribution in [0.1, 0.15) is 49.5 Å². The number of aromatic nitrogens is 2. The van der Waals surface area contributed by atoms with Crippen molar-refractivity contribution in [2.75, 3.05) is 0 Å². The topological polar surface area (TPSA) is 43.8 Å². The summed E-state index contributed by atoms with van der Waals surface area (Å²) in [5.74, 6) is 0.830. The molecule has 1 aliphatic carbocycles. The van der Waals surface area contributed by atoms with Crippen LogP contribution in [0.4, 0.5) is 0 Å². The molecule has 0 spiro atoms. The van der Waals surface area contributed by atoms with Crippen molar-refractivity contribution in [1.82, 2.24) is 9.55 Å². The second kappa shape index (κ2) is 5.80. The van der Waals surface area contributed by atoms with Gasteiger partial charge >= 0.3 is 0 Å². The molecule has 1 heterocycles. The third-order valence-electron chi connectivity index (χ3n) is 4.28. The Morgan fingerprint density at radius 1 is 1.35 bits per heavy atom. The Bertz CT molecular complexity index is 546. The largest absolute Gasteiger partial charge is 0.330 e. The van der Waals surface area contributed by atoms with Crippen LogP contribution in [0.5, 0.6) is 0 Å². The number of nitrogens with zero attached hydrogens (tertiary/aromatic N) is 2. The zero-order chi connectivity index (χ0) is 13.9. The average Bonchev–Trinajstić information content (AvgIpc) is 3.04. The fourth-order valence-corrected chi connectivity index (χ4v) is 3.11. The fraction of sp³-hybridized carbons (Fsp3) is 0.471. The van der Waals surface area contributed by atoms with Gasteiger partial charge in [-0.15, -0.1) is 0 Å². The molecular formula is C17H23N3. The molecule has 1 saturated carbocycles. The van der Waals surface area contributed by atoms with E-state index in [1.165, 1.54) is 30.5 Å². The van der Waals surface area contributed by atoms with Gasteiger partial charge in [0, 0.05) is 12.2 Å². The van der Waals surface area contributed by atoms with Gasteiger partial charge in [-0.1, -0.05) is 43.7 Å². The molecular weight excluding hydrogens is 246 g/mol. The Labute approximate surface area is 120 Å². The number of rotatable bonds is 6. The van der Waals surface area contributed by atoms with Crippen LogP contribution in [0.3, 0.4) is 0 Å². The van der Waals surface area contributed by atoms with Crippen LogP contribution in [0.25, 0.3) is 0 Å². The minimum atomic E-state index is 0.0303. The molecule has 0 radical (unpaired) electrons. The van der Waals surface area contributed by atoms with Gasteiger partial charge in [0.2, 0.25) is 0 Å². The molecule has 2 unspecified atom stereocenters. The zero-order valence-electron chi connectivity index (χ0n) is 12.1. The van der Waals surface area contributed by atoms with Gasteiger partial charge < -0.3 is 10.3 Å². The Balaban J connectivity index is 1.70. The number of hydrogen-bond donors (Lipinski definition) is 1. The summed E-state index contributed by atoms with van der Waals surface area (Å²) < 4.78 is 2.31. The molecule has 20 heavy (non-hydrogen) atoms. The molecule has 1 aromatic heterocycles. The molecule has 1 aliphatic rings. The molecule has 106 valence electrons. The van der Waals surface area contributed by atoms with Crippen LogP contribution >= 0.6 is 0 Å². The Kier molecular flexibility index (Phi) is 3.88. The summed E-state index contributed by atoms with van der Waals surface area (Å²) in [5.41, 5.74) is 8.86. The average molecular weight is 269 g/mol. The third-order valence-corrected chi connectivity index (χ3v) is 4.28. The second-order valence-electron chi connectivity index (χ2n) is 5.87. The molecule has 0 amide bonds. The smallest absolute Gasteiger partial charge is 0.0951 e. The Morgan fingerprint density at radius 3 is 2.90 bits per heavy atom. The van der Waals surface area contributed by atoms with Crippen LogP contribution < -0.4 is 5.73 Å². The second-order valence-corrected chi connectivity index (χ2v) is 5.87. The van der Waals surface area contributed by atoms with Crippen molar-refractivity contribution in [2.24, 2.45) is 11.7 Å². The fourth-order valence-electron chi connectivity index (χ4n) is 3.11.